The molecule has 340 valence electrons. The standard InChI is InChI=1S/C26H20N4O5.C23H24N4O5/c1-2-30-23(31)22(28-17-11-8-14-27-15-17)20(21(29-30)16-9-4-3-5-10-16)25(33)35-26-19-13-7-6-12-18(19)24(32)34-26;1-3-9-18(28)31-15-32-23(30)19-20(16-10-6-5-7-11-16)26-27(4-2)22(29)21(19)25-17-12-8-13-24-14-17/h3-15,26,28H,2H2,1H3;5-8,10-14,25H,3-4,9,15H2,1-2H3. The number of hydrogen-bond donors (Lipinski definition) is 2. The summed E-state index contributed by atoms with van der Waals surface area (Å²) in [5.74, 6) is -2.77. The average Bonchev–Trinajstić information content (AvgIpc) is 3.67. The summed E-state index contributed by atoms with van der Waals surface area (Å²) in [5.41, 5.74) is 2.38. The van der Waals surface area contributed by atoms with Crippen LogP contribution in [-0.4, -0.2) is 60.2 Å². The van der Waals surface area contributed by atoms with E-state index < -0.39 is 48.1 Å². The summed E-state index contributed by atoms with van der Waals surface area (Å²) in [4.78, 5) is 85.1. The minimum Gasteiger partial charge on any atom is -0.428 e. The van der Waals surface area contributed by atoms with Crippen LogP contribution in [0.2, 0.25) is 0 Å². The number of aryl methyl sites for hydroxylation is 2. The first-order valence-electron chi connectivity index (χ1n) is 21.2. The molecule has 18 heteroatoms. The summed E-state index contributed by atoms with van der Waals surface area (Å²) in [6.45, 7) is 5.42. The topological polar surface area (TPSA) is 225 Å². The fraction of sp³-hybridized carbons (Fsp3) is 0.184. The molecule has 18 nitrogen and oxygen atoms in total. The van der Waals surface area contributed by atoms with Crippen molar-refractivity contribution in [1.82, 2.24) is 29.5 Å². The van der Waals surface area contributed by atoms with Gasteiger partial charge in [-0.2, -0.15) is 10.2 Å². The van der Waals surface area contributed by atoms with E-state index in [1.54, 1.807) is 123 Å². The van der Waals surface area contributed by atoms with Crippen molar-refractivity contribution >= 4 is 46.6 Å². The fourth-order valence-corrected chi connectivity index (χ4v) is 6.81. The highest BCUT2D eigenvalue weighted by Gasteiger charge is 2.36. The van der Waals surface area contributed by atoms with Gasteiger partial charge in [-0.15, -0.1) is 0 Å². The Morgan fingerprint density at radius 2 is 1.13 bits per heavy atom. The van der Waals surface area contributed by atoms with E-state index in [2.05, 4.69) is 30.8 Å². The molecule has 2 N–H and O–H groups in total. The highest BCUT2D eigenvalue weighted by molar-refractivity contribution is 6.03. The maximum atomic E-state index is 13.6. The largest absolute Gasteiger partial charge is 0.428 e. The zero-order valence-corrected chi connectivity index (χ0v) is 36.6. The van der Waals surface area contributed by atoms with Crippen LogP contribution in [0.1, 0.15) is 76.5 Å². The maximum Gasteiger partial charge on any atom is 0.346 e. The van der Waals surface area contributed by atoms with Crippen LogP contribution in [0.25, 0.3) is 22.5 Å². The third-order valence-electron chi connectivity index (χ3n) is 10.0. The second kappa shape index (κ2) is 21.7. The Hall–Kier alpha value is -8.80. The molecule has 0 amide bonds. The number of pyridine rings is 2. The third-order valence-corrected chi connectivity index (χ3v) is 10.0. The molecule has 8 rings (SSSR count). The van der Waals surface area contributed by atoms with Crippen LogP contribution in [0.5, 0.6) is 0 Å². The monoisotopic (exact) mass is 904 g/mol. The van der Waals surface area contributed by atoms with Crippen LogP contribution in [0.4, 0.5) is 22.7 Å². The third kappa shape index (κ3) is 10.8. The highest BCUT2D eigenvalue weighted by Crippen LogP contribution is 2.35. The van der Waals surface area contributed by atoms with Gasteiger partial charge < -0.3 is 29.6 Å². The minimum absolute atomic E-state index is 0.00131. The molecule has 3 aromatic carbocycles. The molecule has 0 bridgehead atoms. The Balaban J connectivity index is 0.000000200. The quantitative estimate of drug-likeness (QED) is 0.0745. The number of esters is 4. The van der Waals surface area contributed by atoms with Gasteiger partial charge in [-0.3, -0.25) is 24.4 Å². The van der Waals surface area contributed by atoms with Gasteiger partial charge in [-0.1, -0.05) is 85.8 Å². The number of anilines is 4. The Kier molecular flexibility index (Phi) is 15.0. The number of carbonyl (C=O) groups is 4. The van der Waals surface area contributed by atoms with Gasteiger partial charge in [-0.25, -0.2) is 23.7 Å². The van der Waals surface area contributed by atoms with E-state index in [0.29, 0.717) is 46.6 Å². The molecule has 7 aromatic rings. The van der Waals surface area contributed by atoms with Crippen molar-refractivity contribution < 1.29 is 38.1 Å². The summed E-state index contributed by atoms with van der Waals surface area (Å²) < 4.78 is 23.6. The SMILES string of the molecule is CCCC(=O)OCOC(=O)c1c(-c2ccccc2)nn(CC)c(=O)c1Nc1cccnc1.CCn1nc(-c2ccccc2)c(C(=O)OC2OC(=O)c3ccccc32)c(Nc2cccnc2)c1=O. The van der Waals surface area contributed by atoms with Gasteiger partial charge in [-0.05, 0) is 50.6 Å². The number of ether oxygens (including phenoxy) is 4. The summed E-state index contributed by atoms with van der Waals surface area (Å²) in [7, 11) is 0. The van der Waals surface area contributed by atoms with E-state index in [1.807, 2.05) is 19.1 Å². The van der Waals surface area contributed by atoms with Gasteiger partial charge >= 0.3 is 23.9 Å². The summed E-state index contributed by atoms with van der Waals surface area (Å²) in [5, 5.41) is 14.9. The van der Waals surface area contributed by atoms with E-state index in [1.165, 1.54) is 21.8 Å². The number of aromatic nitrogens is 6. The number of cyclic esters (lactones) is 1. The first-order chi connectivity index (χ1) is 32.6. The molecule has 0 saturated carbocycles. The van der Waals surface area contributed by atoms with Crippen molar-refractivity contribution in [3.05, 3.63) is 177 Å². The van der Waals surface area contributed by atoms with Crippen LogP contribution in [0, 0.1) is 0 Å². The fourth-order valence-electron chi connectivity index (χ4n) is 6.81. The molecule has 5 heterocycles. The normalized spacial score (nSPS) is 12.4. The number of fused-ring (bicyclic) bond motifs is 1. The van der Waals surface area contributed by atoms with Crippen LogP contribution < -0.4 is 21.8 Å². The van der Waals surface area contributed by atoms with E-state index in [0.717, 1.165) is 0 Å². The molecular formula is C49H44N8O10. The van der Waals surface area contributed by atoms with E-state index in [9.17, 15) is 28.8 Å². The Bertz CT molecular complexity index is 3000. The number of nitrogens with zero attached hydrogens (tertiary/aromatic N) is 6. The molecule has 1 atom stereocenters. The molecule has 67 heavy (non-hydrogen) atoms. The number of rotatable bonds is 15. The van der Waals surface area contributed by atoms with Crippen LogP contribution in [0.15, 0.2) is 144 Å². The molecule has 1 aliphatic heterocycles. The first-order valence-corrected chi connectivity index (χ1v) is 21.2. The Morgan fingerprint density at radius 1 is 0.627 bits per heavy atom. The first kappa shape index (κ1) is 46.2. The second-order valence-electron chi connectivity index (χ2n) is 14.5. The van der Waals surface area contributed by atoms with Crippen molar-refractivity contribution in [3.8, 4) is 22.5 Å². The molecule has 0 fully saturated rings. The van der Waals surface area contributed by atoms with Gasteiger partial charge in [0.25, 0.3) is 17.4 Å². The summed E-state index contributed by atoms with van der Waals surface area (Å²) >= 11 is 0. The minimum atomic E-state index is -1.24. The van der Waals surface area contributed by atoms with Crippen molar-refractivity contribution in [2.75, 3.05) is 17.4 Å². The predicted molar refractivity (Wildman–Crippen MR) is 246 cm³/mol. The molecule has 1 unspecified atom stereocenters. The number of benzene rings is 3. The Labute approximate surface area is 383 Å². The zero-order valence-electron chi connectivity index (χ0n) is 36.6. The molecule has 0 saturated heterocycles. The molecule has 0 radical (unpaired) electrons. The number of carbonyl (C=O) groups excluding carboxylic acids is 4. The van der Waals surface area contributed by atoms with Gasteiger partial charge in [0.2, 0.25) is 6.79 Å². The number of hydrogen-bond acceptors (Lipinski definition) is 16. The van der Waals surface area contributed by atoms with Crippen LogP contribution in [0.3, 0.4) is 0 Å². The molecule has 0 aliphatic carbocycles. The van der Waals surface area contributed by atoms with Crippen LogP contribution >= 0.6 is 0 Å². The van der Waals surface area contributed by atoms with Crippen molar-refractivity contribution in [3.63, 3.8) is 0 Å². The van der Waals surface area contributed by atoms with Crippen LogP contribution in [-0.2, 0) is 36.8 Å². The lowest BCUT2D eigenvalue weighted by molar-refractivity contribution is -0.152. The van der Waals surface area contributed by atoms with E-state index >= 15 is 0 Å². The summed E-state index contributed by atoms with van der Waals surface area (Å²) in [6, 6.07) is 31.5. The van der Waals surface area contributed by atoms with Gasteiger partial charge in [0.05, 0.1) is 29.3 Å². The van der Waals surface area contributed by atoms with Crippen molar-refractivity contribution in [1.29, 1.82) is 0 Å². The predicted octanol–water partition coefficient (Wildman–Crippen LogP) is 7.62. The molecule has 1 aliphatic rings. The Morgan fingerprint density at radius 3 is 1.63 bits per heavy atom. The second-order valence-corrected chi connectivity index (χ2v) is 14.5. The smallest absolute Gasteiger partial charge is 0.346 e. The number of nitrogens with one attached hydrogen (secondary N) is 2. The van der Waals surface area contributed by atoms with Crippen molar-refractivity contribution in [2.24, 2.45) is 0 Å². The van der Waals surface area contributed by atoms with Gasteiger partial charge in [0, 0.05) is 48.6 Å². The molecule has 0 spiro atoms. The van der Waals surface area contributed by atoms with Crippen molar-refractivity contribution in [2.45, 2.75) is 53.0 Å². The lowest BCUT2D eigenvalue weighted by atomic mass is 10.0. The van der Waals surface area contributed by atoms with Gasteiger partial charge in [0.1, 0.15) is 33.9 Å². The maximum absolute atomic E-state index is 13.6. The highest BCUT2D eigenvalue weighted by atomic mass is 16.7. The van der Waals surface area contributed by atoms with Gasteiger partial charge in [0.15, 0.2) is 0 Å². The molecule has 4 aromatic heterocycles. The lowest BCUT2D eigenvalue weighted by Gasteiger charge is -2.18. The van der Waals surface area contributed by atoms with E-state index in [-0.39, 0.29) is 46.9 Å². The van der Waals surface area contributed by atoms with E-state index in [4.69, 9.17) is 18.9 Å². The summed E-state index contributed by atoms with van der Waals surface area (Å²) in [6.07, 6.45) is 5.84. The molecular weight excluding hydrogens is 861 g/mol. The lowest BCUT2D eigenvalue weighted by Crippen LogP contribution is -2.29. The zero-order chi connectivity index (χ0) is 47.3. The average molecular weight is 905 g/mol.